The summed E-state index contributed by atoms with van der Waals surface area (Å²) in [7, 11) is -2.99. The second-order valence-corrected chi connectivity index (χ2v) is 8.81. The van der Waals surface area contributed by atoms with Crippen molar-refractivity contribution in [1.29, 1.82) is 0 Å². The third-order valence-corrected chi connectivity index (χ3v) is 6.82. The van der Waals surface area contributed by atoms with Crippen LogP contribution in [0.2, 0.25) is 0 Å². The van der Waals surface area contributed by atoms with Crippen LogP contribution >= 0.6 is 0 Å². The molecule has 2 atom stereocenters. The summed E-state index contributed by atoms with van der Waals surface area (Å²) in [5.41, 5.74) is 0. The highest BCUT2D eigenvalue weighted by Gasteiger charge is 2.28. The van der Waals surface area contributed by atoms with Gasteiger partial charge in [-0.1, -0.05) is 19.8 Å². The zero-order chi connectivity index (χ0) is 14.6. The Hall–Kier alpha value is -0.130. The first-order valence-electron chi connectivity index (χ1n) is 8.25. The first kappa shape index (κ1) is 16.2. The van der Waals surface area contributed by atoms with Gasteiger partial charge in [0.1, 0.15) is 0 Å². The highest BCUT2D eigenvalue weighted by molar-refractivity contribution is 7.89. The first-order valence-corrected chi connectivity index (χ1v) is 9.86. The van der Waals surface area contributed by atoms with Gasteiger partial charge in [0.2, 0.25) is 10.0 Å². The highest BCUT2D eigenvalue weighted by atomic mass is 32.2. The van der Waals surface area contributed by atoms with E-state index >= 15 is 0 Å². The molecule has 0 aromatic carbocycles. The van der Waals surface area contributed by atoms with Crippen LogP contribution in [0, 0.1) is 5.92 Å². The number of piperidine rings is 1. The molecule has 0 bridgehead atoms. The third-order valence-electron chi connectivity index (χ3n) is 4.94. The fraction of sp³-hybridized carbons (Fsp3) is 1.00. The quantitative estimate of drug-likeness (QED) is 0.811. The Kier molecular flexibility index (Phi) is 5.87. The Morgan fingerprint density at radius 1 is 1.00 bits per heavy atom. The van der Waals surface area contributed by atoms with Crippen LogP contribution in [0.1, 0.15) is 58.8 Å². The minimum Gasteiger partial charge on any atom is -0.311 e. The van der Waals surface area contributed by atoms with E-state index in [1.807, 2.05) is 0 Å². The molecular weight excluding hydrogens is 272 g/mol. The zero-order valence-electron chi connectivity index (χ0n) is 13.0. The lowest BCUT2D eigenvalue weighted by Crippen LogP contribution is -2.48. The lowest BCUT2D eigenvalue weighted by atomic mass is 10.0. The van der Waals surface area contributed by atoms with E-state index in [-0.39, 0.29) is 5.75 Å². The predicted molar refractivity (Wildman–Crippen MR) is 83.2 cm³/mol. The van der Waals surface area contributed by atoms with E-state index in [0.717, 1.165) is 18.8 Å². The van der Waals surface area contributed by atoms with Crippen LogP contribution in [0.15, 0.2) is 0 Å². The third kappa shape index (κ3) is 4.43. The van der Waals surface area contributed by atoms with E-state index < -0.39 is 10.0 Å². The van der Waals surface area contributed by atoms with Gasteiger partial charge in [0.25, 0.3) is 0 Å². The molecule has 0 aromatic heterocycles. The van der Waals surface area contributed by atoms with Crippen LogP contribution < -0.4 is 5.32 Å². The SMILES string of the molecule is CCS(=O)(=O)N1CCC(NC2CCCC(C)CC2)CC1. The lowest BCUT2D eigenvalue weighted by molar-refractivity contribution is 0.265. The summed E-state index contributed by atoms with van der Waals surface area (Å²) in [5, 5.41) is 3.79. The molecule has 0 aromatic rings. The monoisotopic (exact) mass is 302 g/mol. The van der Waals surface area contributed by atoms with E-state index in [0.29, 0.717) is 25.2 Å². The summed E-state index contributed by atoms with van der Waals surface area (Å²) in [6, 6.07) is 1.16. The first-order chi connectivity index (χ1) is 9.51. The molecule has 5 heteroatoms. The predicted octanol–water partition coefficient (Wildman–Crippen LogP) is 2.36. The van der Waals surface area contributed by atoms with Crippen molar-refractivity contribution in [2.75, 3.05) is 18.8 Å². The van der Waals surface area contributed by atoms with Crippen molar-refractivity contribution in [3.63, 3.8) is 0 Å². The molecule has 20 heavy (non-hydrogen) atoms. The largest absolute Gasteiger partial charge is 0.311 e. The molecule has 1 aliphatic carbocycles. The molecule has 1 saturated carbocycles. The number of nitrogens with one attached hydrogen (secondary N) is 1. The number of hydrogen-bond donors (Lipinski definition) is 1. The molecule has 0 radical (unpaired) electrons. The summed E-state index contributed by atoms with van der Waals surface area (Å²) >= 11 is 0. The van der Waals surface area contributed by atoms with Crippen LogP contribution in [0.3, 0.4) is 0 Å². The van der Waals surface area contributed by atoms with Gasteiger partial charge < -0.3 is 5.32 Å². The maximum atomic E-state index is 11.8. The molecule has 2 aliphatic rings. The Labute approximate surface area is 124 Å². The molecule has 2 rings (SSSR count). The van der Waals surface area contributed by atoms with Crippen LogP contribution in [-0.2, 0) is 10.0 Å². The minimum atomic E-state index is -2.99. The van der Waals surface area contributed by atoms with E-state index in [1.165, 1.54) is 32.1 Å². The average Bonchev–Trinajstić information content (AvgIpc) is 2.64. The number of rotatable bonds is 4. The van der Waals surface area contributed by atoms with Gasteiger partial charge in [0.05, 0.1) is 5.75 Å². The second-order valence-electron chi connectivity index (χ2n) is 6.55. The molecular formula is C15H30N2O2S. The van der Waals surface area contributed by atoms with Crippen LogP contribution in [-0.4, -0.2) is 43.6 Å². The van der Waals surface area contributed by atoms with Crippen molar-refractivity contribution >= 4 is 10.0 Å². The smallest absolute Gasteiger partial charge is 0.213 e. The summed E-state index contributed by atoms with van der Waals surface area (Å²) in [6.45, 7) is 5.47. The summed E-state index contributed by atoms with van der Waals surface area (Å²) in [5.74, 6) is 1.10. The molecule has 1 heterocycles. The van der Waals surface area contributed by atoms with Crippen molar-refractivity contribution in [1.82, 2.24) is 9.62 Å². The van der Waals surface area contributed by atoms with E-state index in [9.17, 15) is 8.42 Å². The Balaban J connectivity index is 1.77. The van der Waals surface area contributed by atoms with Gasteiger partial charge in [-0.2, -0.15) is 0 Å². The number of sulfonamides is 1. The minimum absolute atomic E-state index is 0.228. The van der Waals surface area contributed by atoms with Crippen molar-refractivity contribution in [2.45, 2.75) is 70.9 Å². The molecule has 1 saturated heterocycles. The molecule has 0 amide bonds. The number of nitrogens with zero attached hydrogens (tertiary/aromatic N) is 1. The van der Waals surface area contributed by atoms with E-state index in [1.54, 1.807) is 11.2 Å². The summed E-state index contributed by atoms with van der Waals surface area (Å²) < 4.78 is 25.3. The maximum absolute atomic E-state index is 11.8. The Morgan fingerprint density at radius 2 is 1.65 bits per heavy atom. The zero-order valence-corrected chi connectivity index (χ0v) is 13.8. The molecule has 118 valence electrons. The van der Waals surface area contributed by atoms with Gasteiger partial charge in [0.15, 0.2) is 0 Å². The molecule has 2 fully saturated rings. The standard InChI is InChI=1S/C15H30N2O2S/c1-3-20(18,19)17-11-9-15(10-12-17)16-14-6-4-5-13(2)7-8-14/h13-16H,3-12H2,1-2H3. The van der Waals surface area contributed by atoms with Gasteiger partial charge in [-0.25, -0.2) is 12.7 Å². The van der Waals surface area contributed by atoms with Crippen molar-refractivity contribution < 1.29 is 8.42 Å². The Morgan fingerprint density at radius 3 is 2.30 bits per heavy atom. The maximum Gasteiger partial charge on any atom is 0.213 e. The van der Waals surface area contributed by atoms with Crippen molar-refractivity contribution in [3.8, 4) is 0 Å². The van der Waals surface area contributed by atoms with Gasteiger partial charge in [-0.15, -0.1) is 0 Å². The lowest BCUT2D eigenvalue weighted by Gasteiger charge is -2.33. The molecule has 2 unspecified atom stereocenters. The van der Waals surface area contributed by atoms with Gasteiger partial charge in [0, 0.05) is 25.2 Å². The Bertz CT molecular complexity index is 389. The fourth-order valence-electron chi connectivity index (χ4n) is 3.47. The average molecular weight is 302 g/mol. The number of hydrogen-bond acceptors (Lipinski definition) is 3. The van der Waals surface area contributed by atoms with Gasteiger partial charge in [-0.3, -0.25) is 0 Å². The van der Waals surface area contributed by atoms with E-state index in [2.05, 4.69) is 12.2 Å². The topological polar surface area (TPSA) is 49.4 Å². The van der Waals surface area contributed by atoms with Crippen molar-refractivity contribution in [3.05, 3.63) is 0 Å². The highest BCUT2D eigenvalue weighted by Crippen LogP contribution is 2.24. The fourth-order valence-corrected chi connectivity index (χ4v) is 4.60. The normalized spacial score (nSPS) is 31.1. The molecule has 1 aliphatic heterocycles. The summed E-state index contributed by atoms with van der Waals surface area (Å²) in [4.78, 5) is 0. The van der Waals surface area contributed by atoms with Crippen LogP contribution in [0.4, 0.5) is 0 Å². The van der Waals surface area contributed by atoms with Crippen LogP contribution in [0.25, 0.3) is 0 Å². The molecule has 0 spiro atoms. The molecule has 4 nitrogen and oxygen atoms in total. The summed E-state index contributed by atoms with van der Waals surface area (Å²) in [6.07, 6.45) is 8.54. The molecule has 1 N–H and O–H groups in total. The second kappa shape index (κ2) is 7.23. The van der Waals surface area contributed by atoms with Gasteiger partial charge >= 0.3 is 0 Å². The van der Waals surface area contributed by atoms with Gasteiger partial charge in [-0.05, 0) is 44.9 Å². The van der Waals surface area contributed by atoms with Crippen molar-refractivity contribution in [2.24, 2.45) is 5.92 Å². The van der Waals surface area contributed by atoms with Crippen LogP contribution in [0.5, 0.6) is 0 Å². The van der Waals surface area contributed by atoms with E-state index in [4.69, 9.17) is 0 Å².